The summed E-state index contributed by atoms with van der Waals surface area (Å²) in [5, 5.41) is 23.7. The Balaban J connectivity index is 2.60. The Bertz CT molecular complexity index is 899. The van der Waals surface area contributed by atoms with Gasteiger partial charge < -0.3 is 10.2 Å². The molecule has 2 heteroatoms. The summed E-state index contributed by atoms with van der Waals surface area (Å²) in [4.78, 5) is 0. The van der Waals surface area contributed by atoms with Gasteiger partial charge in [0, 0.05) is 11.1 Å². The highest BCUT2D eigenvalue weighted by Gasteiger charge is 2.12. The monoisotopic (exact) mass is 262 g/mol. The van der Waals surface area contributed by atoms with E-state index in [9.17, 15) is 10.2 Å². The summed E-state index contributed by atoms with van der Waals surface area (Å²) in [6.45, 7) is 3.69. The minimum absolute atomic E-state index is 0.198. The molecule has 2 nitrogen and oxygen atoms in total. The van der Waals surface area contributed by atoms with Crippen molar-refractivity contribution in [2.75, 3.05) is 0 Å². The summed E-state index contributed by atoms with van der Waals surface area (Å²) in [5.74, 6) is 3.13. The Morgan fingerprint density at radius 2 is 1.45 bits per heavy atom. The van der Waals surface area contributed by atoms with Crippen molar-refractivity contribution in [3.05, 3.63) is 47.0 Å². The van der Waals surface area contributed by atoms with Crippen LogP contribution < -0.4 is 0 Å². The molecule has 20 heavy (non-hydrogen) atoms. The third kappa shape index (κ3) is 1.53. The number of aryl methyl sites for hydroxylation is 1. The summed E-state index contributed by atoms with van der Waals surface area (Å²) in [6.07, 6.45) is 5.58. The van der Waals surface area contributed by atoms with Crippen molar-refractivity contribution in [2.45, 2.75) is 13.8 Å². The van der Waals surface area contributed by atoms with Crippen LogP contribution in [0.1, 0.15) is 16.7 Å². The van der Waals surface area contributed by atoms with Gasteiger partial charge >= 0.3 is 0 Å². The summed E-state index contributed by atoms with van der Waals surface area (Å²) < 4.78 is 0. The zero-order valence-corrected chi connectivity index (χ0v) is 11.4. The normalized spacial score (nSPS) is 10.8. The van der Waals surface area contributed by atoms with E-state index in [1.807, 2.05) is 32.0 Å². The molecule has 0 amide bonds. The quantitative estimate of drug-likeness (QED) is 0.475. The molecule has 0 bridgehead atoms. The first kappa shape index (κ1) is 12.4. The van der Waals surface area contributed by atoms with Crippen LogP contribution in [0.2, 0.25) is 0 Å². The molecule has 3 aromatic rings. The molecule has 0 saturated carbocycles. The molecular formula is C18H14O2. The van der Waals surface area contributed by atoms with Crippen LogP contribution in [0.5, 0.6) is 11.5 Å². The summed E-state index contributed by atoms with van der Waals surface area (Å²) in [5.41, 5.74) is 2.26. The van der Waals surface area contributed by atoms with Gasteiger partial charge in [-0.1, -0.05) is 24.1 Å². The van der Waals surface area contributed by atoms with Gasteiger partial charge in [0.15, 0.2) is 0 Å². The van der Waals surface area contributed by atoms with Gasteiger partial charge in [-0.3, -0.25) is 0 Å². The first-order chi connectivity index (χ1) is 9.54. The third-order valence-corrected chi connectivity index (χ3v) is 3.94. The van der Waals surface area contributed by atoms with E-state index in [4.69, 9.17) is 6.42 Å². The second-order valence-electron chi connectivity index (χ2n) is 5.01. The molecular weight excluding hydrogens is 248 g/mol. The van der Waals surface area contributed by atoms with Crippen molar-refractivity contribution in [1.82, 2.24) is 0 Å². The highest BCUT2D eigenvalue weighted by atomic mass is 16.3. The maximum Gasteiger partial charge on any atom is 0.120 e. The predicted octanol–water partition coefficient (Wildman–Crippen LogP) is 4.00. The summed E-state index contributed by atoms with van der Waals surface area (Å²) in [7, 11) is 0. The molecule has 3 rings (SSSR count). The van der Waals surface area contributed by atoms with Crippen molar-refractivity contribution < 1.29 is 10.2 Å². The SMILES string of the molecule is C#Cc1c(C)c(O)cc2c1ccc1c(C)c(O)ccc12. The van der Waals surface area contributed by atoms with E-state index in [0.29, 0.717) is 5.56 Å². The summed E-state index contributed by atoms with van der Waals surface area (Å²) >= 11 is 0. The molecule has 0 unspecified atom stereocenters. The topological polar surface area (TPSA) is 40.5 Å². The number of aromatic hydroxyl groups is 2. The lowest BCUT2D eigenvalue weighted by molar-refractivity contribution is 0.472. The van der Waals surface area contributed by atoms with E-state index in [2.05, 4.69) is 5.92 Å². The van der Waals surface area contributed by atoms with Gasteiger partial charge in [0.1, 0.15) is 11.5 Å². The Morgan fingerprint density at radius 1 is 0.800 bits per heavy atom. The first-order valence-corrected chi connectivity index (χ1v) is 6.38. The maximum absolute atomic E-state index is 10.1. The van der Waals surface area contributed by atoms with E-state index < -0.39 is 0 Å². The molecule has 3 aromatic carbocycles. The van der Waals surface area contributed by atoms with Crippen molar-refractivity contribution in [1.29, 1.82) is 0 Å². The van der Waals surface area contributed by atoms with Gasteiger partial charge in [0.05, 0.1) is 0 Å². The van der Waals surface area contributed by atoms with Crippen LogP contribution in [-0.4, -0.2) is 10.2 Å². The molecule has 0 radical (unpaired) electrons. The van der Waals surface area contributed by atoms with Crippen molar-refractivity contribution in [3.63, 3.8) is 0 Å². The second kappa shape index (κ2) is 4.18. The van der Waals surface area contributed by atoms with E-state index >= 15 is 0 Å². The Kier molecular flexibility index (Phi) is 2.59. The van der Waals surface area contributed by atoms with Crippen LogP contribution in [0.4, 0.5) is 0 Å². The number of hydrogen-bond donors (Lipinski definition) is 2. The number of phenols is 2. The lowest BCUT2D eigenvalue weighted by Crippen LogP contribution is -1.89. The van der Waals surface area contributed by atoms with Gasteiger partial charge in [-0.15, -0.1) is 6.42 Å². The fraction of sp³-hybridized carbons (Fsp3) is 0.111. The average Bonchev–Trinajstić information content (AvgIpc) is 2.44. The Hall–Kier alpha value is -2.66. The van der Waals surface area contributed by atoms with Gasteiger partial charge in [0.2, 0.25) is 0 Å². The molecule has 0 aliphatic rings. The highest BCUT2D eigenvalue weighted by Crippen LogP contribution is 2.36. The summed E-state index contributed by atoms with van der Waals surface area (Å²) in [6, 6.07) is 9.18. The van der Waals surface area contributed by atoms with E-state index in [-0.39, 0.29) is 11.5 Å². The third-order valence-electron chi connectivity index (χ3n) is 3.94. The minimum atomic E-state index is 0.198. The number of hydrogen-bond acceptors (Lipinski definition) is 2. The van der Waals surface area contributed by atoms with Crippen molar-refractivity contribution in [2.24, 2.45) is 0 Å². The fourth-order valence-electron chi connectivity index (χ4n) is 2.70. The lowest BCUT2D eigenvalue weighted by Gasteiger charge is -2.12. The Labute approximate surface area is 117 Å². The zero-order valence-electron chi connectivity index (χ0n) is 11.4. The average molecular weight is 262 g/mol. The Morgan fingerprint density at radius 3 is 2.15 bits per heavy atom. The van der Waals surface area contributed by atoms with Crippen LogP contribution in [0.3, 0.4) is 0 Å². The molecule has 0 aliphatic carbocycles. The molecule has 98 valence electrons. The van der Waals surface area contributed by atoms with Crippen LogP contribution >= 0.6 is 0 Å². The zero-order chi connectivity index (χ0) is 14.4. The van der Waals surface area contributed by atoms with Gasteiger partial charge in [-0.25, -0.2) is 0 Å². The number of phenolic OH excluding ortho intramolecular Hbond substituents is 2. The molecule has 0 fully saturated rings. The number of rotatable bonds is 0. The van der Waals surface area contributed by atoms with E-state index in [1.54, 1.807) is 12.1 Å². The second-order valence-corrected chi connectivity index (χ2v) is 5.01. The number of fused-ring (bicyclic) bond motifs is 3. The molecule has 0 aliphatic heterocycles. The number of terminal acetylenes is 1. The minimum Gasteiger partial charge on any atom is -0.508 e. The molecule has 0 heterocycles. The number of benzene rings is 3. The van der Waals surface area contributed by atoms with Crippen LogP contribution in [0.25, 0.3) is 21.5 Å². The van der Waals surface area contributed by atoms with Gasteiger partial charge in [0.25, 0.3) is 0 Å². The predicted molar refractivity (Wildman–Crippen MR) is 82.2 cm³/mol. The molecule has 0 atom stereocenters. The van der Waals surface area contributed by atoms with Gasteiger partial charge in [-0.05, 0) is 53.1 Å². The molecule has 0 spiro atoms. The van der Waals surface area contributed by atoms with Crippen molar-refractivity contribution >= 4 is 21.5 Å². The fourth-order valence-corrected chi connectivity index (χ4v) is 2.70. The van der Waals surface area contributed by atoms with Crippen molar-refractivity contribution in [3.8, 4) is 23.8 Å². The maximum atomic E-state index is 10.1. The largest absolute Gasteiger partial charge is 0.508 e. The molecule has 2 N–H and O–H groups in total. The van der Waals surface area contributed by atoms with Crippen LogP contribution in [-0.2, 0) is 0 Å². The molecule has 0 saturated heterocycles. The standard InChI is InChI=1S/C18H14O2/c1-4-12-10(2)18(20)9-16-14(12)6-5-13-11(3)17(19)8-7-15(13)16/h1,5-9,19-20H,2-3H3. The lowest BCUT2D eigenvalue weighted by atomic mass is 9.93. The smallest absolute Gasteiger partial charge is 0.120 e. The van der Waals surface area contributed by atoms with E-state index in [0.717, 1.165) is 32.7 Å². The van der Waals surface area contributed by atoms with E-state index in [1.165, 1.54) is 0 Å². The highest BCUT2D eigenvalue weighted by molar-refractivity contribution is 6.11. The van der Waals surface area contributed by atoms with Crippen LogP contribution in [0, 0.1) is 26.2 Å². The van der Waals surface area contributed by atoms with Crippen LogP contribution in [0.15, 0.2) is 30.3 Å². The first-order valence-electron chi connectivity index (χ1n) is 6.38. The van der Waals surface area contributed by atoms with Gasteiger partial charge in [-0.2, -0.15) is 0 Å². The molecule has 0 aromatic heterocycles.